The van der Waals surface area contributed by atoms with Crippen molar-refractivity contribution in [2.45, 2.75) is 13.0 Å². The molecular weight excluding hydrogens is 305 g/mol. The Kier molecular flexibility index (Phi) is 4.95. The topological polar surface area (TPSA) is 93.4 Å². The third kappa shape index (κ3) is 4.06. The van der Waals surface area contributed by atoms with Crippen LogP contribution < -0.4 is 10.1 Å². The van der Waals surface area contributed by atoms with E-state index in [4.69, 9.17) is 9.84 Å². The van der Waals surface area contributed by atoms with Crippen molar-refractivity contribution in [1.82, 2.24) is 15.1 Å². The zero-order valence-corrected chi connectivity index (χ0v) is 12.6. The molecule has 0 saturated carbocycles. The number of halogens is 1. The zero-order valence-electron chi connectivity index (χ0n) is 12.6. The molecule has 0 saturated heterocycles. The van der Waals surface area contributed by atoms with Crippen LogP contribution in [0.4, 0.5) is 4.39 Å². The Morgan fingerprint density at radius 3 is 2.57 bits per heavy atom. The molecule has 8 heteroatoms. The summed E-state index contributed by atoms with van der Waals surface area (Å²) in [6.45, 7) is 1.49. The fourth-order valence-electron chi connectivity index (χ4n) is 1.86. The first-order valence-electron chi connectivity index (χ1n) is 6.80. The second-order valence-corrected chi connectivity index (χ2v) is 4.88. The minimum atomic E-state index is -1.29. The van der Waals surface area contributed by atoms with Crippen molar-refractivity contribution >= 4 is 11.9 Å². The second kappa shape index (κ2) is 6.91. The third-order valence-electron chi connectivity index (χ3n) is 3.30. The largest absolute Gasteiger partial charge is 0.478 e. The maximum Gasteiger partial charge on any atom is 0.346 e. The van der Waals surface area contributed by atoms with E-state index in [1.807, 2.05) is 0 Å². The van der Waals surface area contributed by atoms with Gasteiger partial charge in [0.25, 0.3) is 5.91 Å². The van der Waals surface area contributed by atoms with Crippen LogP contribution in [0.3, 0.4) is 0 Å². The monoisotopic (exact) mass is 321 g/mol. The number of carbonyl (C=O) groups excluding carboxylic acids is 1. The lowest BCUT2D eigenvalue weighted by molar-refractivity contribution is -0.144. The summed E-state index contributed by atoms with van der Waals surface area (Å²) in [5.41, 5.74) is 1.02. The van der Waals surface area contributed by atoms with E-state index >= 15 is 0 Å². The first-order chi connectivity index (χ1) is 10.9. The van der Waals surface area contributed by atoms with Gasteiger partial charge in [0.1, 0.15) is 11.6 Å². The quantitative estimate of drug-likeness (QED) is 0.832. The van der Waals surface area contributed by atoms with Crippen LogP contribution >= 0.6 is 0 Å². The Labute approximate surface area is 131 Å². The summed E-state index contributed by atoms with van der Waals surface area (Å²) in [5.74, 6) is -1.93. The number of rotatable bonds is 6. The van der Waals surface area contributed by atoms with Crippen LogP contribution in [0.15, 0.2) is 30.5 Å². The highest BCUT2D eigenvalue weighted by Crippen LogP contribution is 2.13. The Morgan fingerprint density at radius 2 is 2.04 bits per heavy atom. The minimum absolute atomic E-state index is 0.200. The number of carbonyl (C=O) groups is 2. The van der Waals surface area contributed by atoms with Gasteiger partial charge in [-0.15, -0.1) is 0 Å². The minimum Gasteiger partial charge on any atom is -0.478 e. The van der Waals surface area contributed by atoms with E-state index in [-0.39, 0.29) is 12.3 Å². The predicted octanol–water partition coefficient (Wildman–Crippen LogP) is 1.13. The highest BCUT2D eigenvalue weighted by Gasteiger charge is 2.22. The number of nitrogens with one attached hydrogen (secondary N) is 1. The van der Waals surface area contributed by atoms with Crippen LogP contribution in [0.5, 0.6) is 5.75 Å². The lowest BCUT2D eigenvalue weighted by Crippen LogP contribution is -2.40. The van der Waals surface area contributed by atoms with Crippen LogP contribution in [0.2, 0.25) is 0 Å². The molecule has 0 spiro atoms. The number of aromatic nitrogens is 2. The van der Waals surface area contributed by atoms with Crippen molar-refractivity contribution < 1.29 is 23.8 Å². The van der Waals surface area contributed by atoms with Crippen molar-refractivity contribution in [3.63, 3.8) is 0 Å². The number of carboxylic acids is 1. The van der Waals surface area contributed by atoms with Gasteiger partial charge in [0.05, 0.1) is 18.3 Å². The van der Waals surface area contributed by atoms with Crippen molar-refractivity contribution in [2.24, 2.45) is 7.05 Å². The maximum atomic E-state index is 12.8. The summed E-state index contributed by atoms with van der Waals surface area (Å²) in [5, 5.41) is 15.6. The van der Waals surface area contributed by atoms with Crippen LogP contribution in [0, 0.1) is 12.7 Å². The average Bonchev–Trinajstić information content (AvgIpc) is 2.84. The molecule has 0 bridgehead atoms. The Hall–Kier alpha value is -2.90. The molecule has 2 aromatic rings. The van der Waals surface area contributed by atoms with E-state index in [2.05, 4.69) is 10.4 Å². The molecule has 1 aromatic carbocycles. The average molecular weight is 321 g/mol. The summed E-state index contributed by atoms with van der Waals surface area (Å²) in [6, 6.07) is 4.95. The van der Waals surface area contributed by atoms with Crippen molar-refractivity contribution in [3.05, 3.63) is 47.5 Å². The number of hydrogen-bond donors (Lipinski definition) is 2. The number of aryl methyl sites for hydroxylation is 1. The van der Waals surface area contributed by atoms with Crippen molar-refractivity contribution in [1.29, 1.82) is 0 Å². The molecule has 122 valence electrons. The van der Waals surface area contributed by atoms with Crippen LogP contribution in [0.1, 0.15) is 16.1 Å². The molecule has 1 unspecified atom stereocenters. The number of carboxylic acid groups (broad SMARTS) is 1. The summed E-state index contributed by atoms with van der Waals surface area (Å²) in [6.07, 6.45) is 0.114. The third-order valence-corrected chi connectivity index (χ3v) is 3.30. The molecule has 0 fully saturated rings. The molecule has 1 heterocycles. The first-order valence-corrected chi connectivity index (χ1v) is 6.80. The van der Waals surface area contributed by atoms with Crippen molar-refractivity contribution in [2.75, 3.05) is 6.54 Å². The summed E-state index contributed by atoms with van der Waals surface area (Å²) < 4.78 is 19.6. The van der Waals surface area contributed by atoms with Crippen molar-refractivity contribution in [3.8, 4) is 5.75 Å². The number of benzene rings is 1. The molecular formula is C15H16FN3O4. The van der Waals surface area contributed by atoms with E-state index < -0.39 is 23.8 Å². The predicted molar refractivity (Wildman–Crippen MR) is 78.7 cm³/mol. The Morgan fingerprint density at radius 1 is 1.39 bits per heavy atom. The highest BCUT2D eigenvalue weighted by molar-refractivity contribution is 5.95. The molecule has 2 N–H and O–H groups in total. The molecule has 2 rings (SSSR count). The first kappa shape index (κ1) is 16.5. The van der Waals surface area contributed by atoms with E-state index in [9.17, 15) is 14.0 Å². The van der Waals surface area contributed by atoms with E-state index in [0.717, 1.165) is 12.1 Å². The smallest absolute Gasteiger partial charge is 0.346 e. The van der Waals surface area contributed by atoms with Gasteiger partial charge < -0.3 is 15.2 Å². The Bertz CT molecular complexity index is 712. The normalized spacial score (nSPS) is 11.8. The SMILES string of the molecule is Cc1c(C(=O)NCC(Oc2ccc(F)cc2)C(=O)O)cnn1C. The van der Waals surface area contributed by atoms with Crippen LogP contribution in [-0.4, -0.2) is 39.4 Å². The van der Waals surface area contributed by atoms with Gasteiger partial charge in [0, 0.05) is 12.7 Å². The molecule has 7 nitrogen and oxygen atoms in total. The molecule has 1 amide bonds. The number of hydrogen-bond acceptors (Lipinski definition) is 4. The molecule has 1 atom stereocenters. The van der Waals surface area contributed by atoms with Gasteiger partial charge in [-0.2, -0.15) is 5.10 Å². The molecule has 0 radical (unpaired) electrons. The molecule has 0 aliphatic carbocycles. The highest BCUT2D eigenvalue weighted by atomic mass is 19.1. The fraction of sp³-hybridized carbons (Fsp3) is 0.267. The van der Waals surface area contributed by atoms with Gasteiger partial charge >= 0.3 is 5.97 Å². The van der Waals surface area contributed by atoms with E-state index in [0.29, 0.717) is 11.3 Å². The van der Waals surface area contributed by atoms with Crippen LogP contribution in [0.25, 0.3) is 0 Å². The van der Waals surface area contributed by atoms with E-state index in [1.54, 1.807) is 18.7 Å². The standard InChI is InChI=1S/C15H16FN3O4/c1-9-12(7-18-19(9)2)14(20)17-8-13(15(21)22)23-11-5-3-10(16)4-6-11/h3-7,13H,8H2,1-2H3,(H,17,20)(H,21,22). The Balaban J connectivity index is 2.00. The van der Waals surface area contributed by atoms with Gasteiger partial charge in [0.15, 0.2) is 0 Å². The van der Waals surface area contributed by atoms with Gasteiger partial charge in [-0.1, -0.05) is 0 Å². The fourth-order valence-corrected chi connectivity index (χ4v) is 1.86. The number of amides is 1. The number of ether oxygens (including phenoxy) is 1. The lowest BCUT2D eigenvalue weighted by atomic mass is 10.2. The summed E-state index contributed by atoms with van der Waals surface area (Å²) in [7, 11) is 1.70. The van der Waals surface area contributed by atoms with Gasteiger partial charge in [0.2, 0.25) is 6.10 Å². The molecule has 0 aliphatic heterocycles. The van der Waals surface area contributed by atoms with E-state index in [1.165, 1.54) is 18.3 Å². The molecule has 0 aliphatic rings. The lowest BCUT2D eigenvalue weighted by Gasteiger charge is -2.15. The molecule has 1 aromatic heterocycles. The second-order valence-electron chi connectivity index (χ2n) is 4.88. The van der Waals surface area contributed by atoms with Gasteiger partial charge in [-0.25, -0.2) is 9.18 Å². The number of nitrogens with zero attached hydrogens (tertiary/aromatic N) is 2. The number of aliphatic carboxylic acids is 1. The zero-order chi connectivity index (χ0) is 17.0. The van der Waals surface area contributed by atoms with Crippen LogP contribution in [-0.2, 0) is 11.8 Å². The van der Waals surface area contributed by atoms with Gasteiger partial charge in [-0.05, 0) is 31.2 Å². The molecule has 23 heavy (non-hydrogen) atoms. The summed E-state index contributed by atoms with van der Waals surface area (Å²) in [4.78, 5) is 23.3. The maximum absolute atomic E-state index is 12.8. The summed E-state index contributed by atoms with van der Waals surface area (Å²) >= 11 is 0. The van der Waals surface area contributed by atoms with Gasteiger partial charge in [-0.3, -0.25) is 9.48 Å².